The number of nitrogens with zero attached hydrogens (tertiary/aromatic N) is 1. The second-order valence-corrected chi connectivity index (χ2v) is 6.06. The van der Waals surface area contributed by atoms with E-state index in [2.05, 4.69) is 15.9 Å². The number of aryl methyl sites for hydroxylation is 1. The molecule has 0 aliphatic rings. The smallest absolute Gasteiger partial charge is 0.222 e. The van der Waals surface area contributed by atoms with E-state index in [-0.39, 0.29) is 11.7 Å². The first kappa shape index (κ1) is 17.5. The summed E-state index contributed by atoms with van der Waals surface area (Å²) in [6.45, 7) is 0.870. The average molecular weight is 380 g/mol. The molecule has 23 heavy (non-hydrogen) atoms. The number of hydrogen-bond acceptors (Lipinski definition) is 2. The van der Waals surface area contributed by atoms with Gasteiger partial charge in [-0.1, -0.05) is 34.1 Å². The number of carbonyl (C=O) groups excluding carboxylic acids is 1. The Morgan fingerprint density at radius 3 is 2.57 bits per heavy atom. The maximum Gasteiger partial charge on any atom is 0.222 e. The number of carbonyl (C=O) groups is 1. The van der Waals surface area contributed by atoms with Crippen LogP contribution in [0, 0.1) is 5.82 Å². The molecule has 0 bridgehead atoms. The molecule has 2 rings (SSSR count). The number of benzene rings is 2. The van der Waals surface area contributed by atoms with Crippen molar-refractivity contribution in [2.45, 2.75) is 12.8 Å². The number of amides is 1. The molecule has 0 unspecified atom stereocenters. The van der Waals surface area contributed by atoms with Gasteiger partial charge in [-0.15, -0.1) is 0 Å². The molecule has 0 fully saturated rings. The summed E-state index contributed by atoms with van der Waals surface area (Å²) in [7, 11) is 1.76. The fraction of sp³-hybridized carbons (Fsp3) is 0.278. The lowest BCUT2D eigenvalue weighted by Gasteiger charge is -2.17. The minimum Gasteiger partial charge on any atom is -0.492 e. The zero-order valence-corrected chi connectivity index (χ0v) is 14.6. The third-order valence-electron chi connectivity index (χ3n) is 3.50. The number of hydrogen-bond donors (Lipinski definition) is 0. The first-order valence-electron chi connectivity index (χ1n) is 7.42. The summed E-state index contributed by atoms with van der Waals surface area (Å²) in [6.07, 6.45) is 1.15. The number of rotatable bonds is 7. The minimum atomic E-state index is -0.295. The lowest BCUT2D eigenvalue weighted by atomic mass is 10.1. The number of ether oxygens (including phenoxy) is 1. The SMILES string of the molecule is CN(CCOc1ccc(F)cc1)C(=O)CCc1ccccc1Br. The van der Waals surface area contributed by atoms with Gasteiger partial charge in [-0.2, -0.15) is 0 Å². The van der Waals surface area contributed by atoms with Gasteiger partial charge in [0.25, 0.3) is 0 Å². The third-order valence-corrected chi connectivity index (χ3v) is 4.27. The highest BCUT2D eigenvalue weighted by Crippen LogP contribution is 2.17. The molecule has 3 nitrogen and oxygen atoms in total. The van der Waals surface area contributed by atoms with Crippen LogP contribution in [0.4, 0.5) is 4.39 Å². The van der Waals surface area contributed by atoms with Crippen LogP contribution in [-0.4, -0.2) is 31.0 Å². The predicted octanol–water partition coefficient (Wildman–Crippen LogP) is 4.06. The van der Waals surface area contributed by atoms with Crippen LogP contribution in [0.2, 0.25) is 0 Å². The first-order valence-corrected chi connectivity index (χ1v) is 8.21. The van der Waals surface area contributed by atoms with Gasteiger partial charge in [-0.3, -0.25) is 4.79 Å². The molecule has 0 radical (unpaired) electrons. The largest absolute Gasteiger partial charge is 0.492 e. The Morgan fingerprint density at radius 2 is 1.87 bits per heavy atom. The summed E-state index contributed by atoms with van der Waals surface area (Å²) in [5.41, 5.74) is 1.12. The van der Waals surface area contributed by atoms with Gasteiger partial charge in [0.15, 0.2) is 0 Å². The van der Waals surface area contributed by atoms with E-state index in [9.17, 15) is 9.18 Å². The van der Waals surface area contributed by atoms with E-state index in [4.69, 9.17) is 4.74 Å². The van der Waals surface area contributed by atoms with Crippen molar-refractivity contribution in [3.8, 4) is 5.75 Å². The maximum atomic E-state index is 12.8. The van der Waals surface area contributed by atoms with Crippen LogP contribution in [0.3, 0.4) is 0 Å². The Morgan fingerprint density at radius 1 is 1.17 bits per heavy atom. The van der Waals surface area contributed by atoms with E-state index in [0.717, 1.165) is 10.0 Å². The van der Waals surface area contributed by atoms with Gasteiger partial charge >= 0.3 is 0 Å². The van der Waals surface area contributed by atoms with Crippen molar-refractivity contribution in [1.29, 1.82) is 0 Å². The summed E-state index contributed by atoms with van der Waals surface area (Å²) in [5.74, 6) is 0.376. The molecule has 0 heterocycles. The number of likely N-dealkylation sites (N-methyl/N-ethyl adjacent to an activating group) is 1. The van der Waals surface area contributed by atoms with E-state index in [0.29, 0.717) is 31.7 Å². The molecule has 0 saturated heterocycles. The van der Waals surface area contributed by atoms with E-state index in [1.807, 2.05) is 24.3 Å². The fourth-order valence-corrected chi connectivity index (χ4v) is 2.57. The number of halogens is 2. The minimum absolute atomic E-state index is 0.0726. The zero-order valence-electron chi connectivity index (χ0n) is 13.0. The van der Waals surface area contributed by atoms with Crippen LogP contribution in [0.5, 0.6) is 5.75 Å². The molecule has 0 saturated carbocycles. The first-order chi connectivity index (χ1) is 11.1. The van der Waals surface area contributed by atoms with Crippen molar-refractivity contribution in [2.24, 2.45) is 0 Å². The molecule has 0 aromatic heterocycles. The summed E-state index contributed by atoms with van der Waals surface area (Å²) in [5, 5.41) is 0. The van der Waals surface area contributed by atoms with E-state index < -0.39 is 0 Å². The van der Waals surface area contributed by atoms with Crippen LogP contribution in [-0.2, 0) is 11.2 Å². The van der Waals surface area contributed by atoms with Crippen LogP contribution in [0.15, 0.2) is 53.0 Å². The molecule has 5 heteroatoms. The Bertz CT molecular complexity index is 646. The highest BCUT2D eigenvalue weighted by molar-refractivity contribution is 9.10. The van der Waals surface area contributed by atoms with Gasteiger partial charge < -0.3 is 9.64 Å². The second-order valence-electron chi connectivity index (χ2n) is 5.21. The molecule has 0 aliphatic carbocycles. The van der Waals surface area contributed by atoms with Gasteiger partial charge in [0, 0.05) is 17.9 Å². The van der Waals surface area contributed by atoms with Gasteiger partial charge in [0.1, 0.15) is 18.2 Å². The molecule has 122 valence electrons. The van der Waals surface area contributed by atoms with Crippen LogP contribution in [0.25, 0.3) is 0 Å². The summed E-state index contributed by atoms with van der Waals surface area (Å²) < 4.78 is 19.3. The topological polar surface area (TPSA) is 29.5 Å². The molecular formula is C18H19BrFNO2. The molecule has 1 amide bonds. The Labute approximate surface area is 144 Å². The maximum absolute atomic E-state index is 12.8. The van der Waals surface area contributed by atoms with Crippen LogP contribution >= 0.6 is 15.9 Å². The van der Waals surface area contributed by atoms with Gasteiger partial charge in [0.2, 0.25) is 5.91 Å². The van der Waals surface area contributed by atoms with Crippen LogP contribution in [0.1, 0.15) is 12.0 Å². The summed E-state index contributed by atoms with van der Waals surface area (Å²) >= 11 is 3.48. The third kappa shape index (κ3) is 5.67. The average Bonchev–Trinajstić information content (AvgIpc) is 2.55. The molecule has 0 N–H and O–H groups in total. The van der Waals surface area contributed by atoms with Gasteiger partial charge in [0.05, 0.1) is 6.54 Å². The molecular weight excluding hydrogens is 361 g/mol. The van der Waals surface area contributed by atoms with Gasteiger partial charge in [-0.25, -0.2) is 4.39 Å². The monoisotopic (exact) mass is 379 g/mol. The van der Waals surface area contributed by atoms with Crippen LogP contribution < -0.4 is 4.74 Å². The fourth-order valence-electron chi connectivity index (χ4n) is 2.09. The lowest BCUT2D eigenvalue weighted by molar-refractivity contribution is -0.130. The second kappa shape index (κ2) is 8.67. The highest BCUT2D eigenvalue weighted by Gasteiger charge is 2.10. The summed E-state index contributed by atoms with van der Waals surface area (Å²) in [4.78, 5) is 13.8. The lowest BCUT2D eigenvalue weighted by Crippen LogP contribution is -2.31. The quantitative estimate of drug-likeness (QED) is 0.725. The van der Waals surface area contributed by atoms with Crippen molar-refractivity contribution in [2.75, 3.05) is 20.2 Å². The van der Waals surface area contributed by atoms with E-state index >= 15 is 0 Å². The molecule has 0 atom stereocenters. The zero-order chi connectivity index (χ0) is 16.7. The van der Waals surface area contributed by atoms with E-state index in [1.165, 1.54) is 12.1 Å². The predicted molar refractivity (Wildman–Crippen MR) is 92.0 cm³/mol. The normalized spacial score (nSPS) is 10.4. The van der Waals surface area contributed by atoms with Crippen molar-refractivity contribution in [3.63, 3.8) is 0 Å². The molecule has 0 spiro atoms. The standard InChI is InChI=1S/C18H19BrFNO2/c1-21(12-13-23-16-9-7-15(20)8-10-16)18(22)11-6-14-4-2-3-5-17(14)19/h2-5,7-10H,6,11-13H2,1H3. The van der Waals surface area contributed by atoms with Crippen molar-refractivity contribution in [3.05, 3.63) is 64.4 Å². The molecule has 2 aromatic rings. The highest BCUT2D eigenvalue weighted by atomic mass is 79.9. The van der Waals surface area contributed by atoms with E-state index in [1.54, 1.807) is 24.1 Å². The molecule has 0 aliphatic heterocycles. The Hall–Kier alpha value is -1.88. The van der Waals surface area contributed by atoms with Gasteiger partial charge in [-0.05, 0) is 42.3 Å². The molecule has 2 aromatic carbocycles. The summed E-state index contributed by atoms with van der Waals surface area (Å²) in [6, 6.07) is 13.7. The van der Waals surface area contributed by atoms with Crippen molar-refractivity contribution < 1.29 is 13.9 Å². The van der Waals surface area contributed by atoms with Crippen molar-refractivity contribution in [1.82, 2.24) is 4.90 Å². The van der Waals surface area contributed by atoms with Crippen molar-refractivity contribution >= 4 is 21.8 Å². The Balaban J connectivity index is 1.72. The Kier molecular flexibility index (Phi) is 6.59.